The Kier molecular flexibility index (Phi) is 4.21. The first-order valence-electron chi connectivity index (χ1n) is 9.46. The zero-order chi connectivity index (χ0) is 20.1. The van der Waals surface area contributed by atoms with Crippen LogP contribution in [0.2, 0.25) is 5.15 Å². The van der Waals surface area contributed by atoms with E-state index >= 15 is 0 Å². The largest absolute Gasteiger partial charge is 0.343 e. The molecule has 3 heterocycles. The molecule has 29 heavy (non-hydrogen) atoms. The molecule has 144 valence electrons. The van der Waals surface area contributed by atoms with Crippen LogP contribution in [0.5, 0.6) is 0 Å². The molecular weight excluding hydrogens is 389 g/mol. The second kappa shape index (κ2) is 6.78. The number of hydrogen-bond donors (Lipinski definition) is 1. The maximum absolute atomic E-state index is 13.5. The molecule has 0 radical (unpaired) electrons. The van der Waals surface area contributed by atoms with Gasteiger partial charge in [-0.15, -0.1) is 0 Å². The predicted octanol–water partition coefficient (Wildman–Crippen LogP) is 5.63. The van der Waals surface area contributed by atoms with Crippen LogP contribution in [0.15, 0.2) is 53.3 Å². The zero-order valence-electron chi connectivity index (χ0n) is 15.7. The van der Waals surface area contributed by atoms with Crippen LogP contribution >= 0.6 is 11.6 Å². The molecule has 0 atom stereocenters. The summed E-state index contributed by atoms with van der Waals surface area (Å²) in [6.45, 7) is 1.86. The maximum Gasteiger partial charge on any atom is 0.191 e. The lowest BCUT2D eigenvalue weighted by Crippen LogP contribution is -2.07. The van der Waals surface area contributed by atoms with Crippen molar-refractivity contribution in [2.75, 3.05) is 0 Å². The van der Waals surface area contributed by atoms with E-state index in [4.69, 9.17) is 16.6 Å². The van der Waals surface area contributed by atoms with E-state index in [1.807, 2.05) is 19.1 Å². The van der Waals surface area contributed by atoms with E-state index in [0.29, 0.717) is 27.8 Å². The van der Waals surface area contributed by atoms with Crippen LogP contribution < -0.4 is 5.43 Å². The Morgan fingerprint density at radius 2 is 1.79 bits per heavy atom. The van der Waals surface area contributed by atoms with Gasteiger partial charge < -0.3 is 4.98 Å². The van der Waals surface area contributed by atoms with Crippen molar-refractivity contribution in [3.05, 3.63) is 81.1 Å². The fourth-order valence-corrected chi connectivity index (χ4v) is 3.88. The Labute approximate surface area is 171 Å². The molecule has 1 aromatic carbocycles. The van der Waals surface area contributed by atoms with Crippen LogP contribution in [0.1, 0.15) is 30.1 Å². The maximum atomic E-state index is 13.5. The Morgan fingerprint density at radius 1 is 1.03 bits per heavy atom. The zero-order valence-corrected chi connectivity index (χ0v) is 16.4. The molecule has 0 amide bonds. The molecule has 0 aliphatic heterocycles. The molecular formula is C23H17ClFN3O. The third kappa shape index (κ3) is 3.42. The van der Waals surface area contributed by atoms with Crippen LogP contribution in [-0.4, -0.2) is 15.0 Å². The third-order valence-corrected chi connectivity index (χ3v) is 5.40. The summed E-state index contributed by atoms with van der Waals surface area (Å²) >= 11 is 6.18. The standard InChI is InChI=1S/C23H17ClFN3O/c1-12-8-15(9-21(24)26-12)17-10-18-20(29)11-19(13-2-3-13)27-23(18)28-22(17)14-4-6-16(25)7-5-14/h4-11,13H,2-3H2,1H3,(H,27,28,29). The first-order chi connectivity index (χ1) is 14.0. The molecule has 0 spiro atoms. The van der Waals surface area contributed by atoms with Crippen molar-refractivity contribution in [3.8, 4) is 22.4 Å². The van der Waals surface area contributed by atoms with Crippen molar-refractivity contribution < 1.29 is 4.39 Å². The highest BCUT2D eigenvalue weighted by molar-refractivity contribution is 6.29. The van der Waals surface area contributed by atoms with Crippen LogP contribution in [0, 0.1) is 12.7 Å². The summed E-state index contributed by atoms with van der Waals surface area (Å²) in [6.07, 6.45) is 2.16. The number of pyridine rings is 3. The third-order valence-electron chi connectivity index (χ3n) is 5.21. The van der Waals surface area contributed by atoms with Crippen LogP contribution in [0.3, 0.4) is 0 Å². The first-order valence-corrected chi connectivity index (χ1v) is 9.84. The van der Waals surface area contributed by atoms with Gasteiger partial charge in [-0.25, -0.2) is 14.4 Å². The Hall–Kier alpha value is -3.05. The van der Waals surface area contributed by atoms with E-state index in [9.17, 15) is 9.18 Å². The fraction of sp³-hybridized carbons (Fsp3) is 0.174. The number of aryl methyl sites for hydroxylation is 1. The Bertz CT molecular complexity index is 1290. The van der Waals surface area contributed by atoms with E-state index < -0.39 is 0 Å². The van der Waals surface area contributed by atoms with Gasteiger partial charge in [0.25, 0.3) is 0 Å². The highest BCUT2D eigenvalue weighted by Gasteiger charge is 2.25. The summed E-state index contributed by atoms with van der Waals surface area (Å²) in [5, 5.41) is 0.879. The SMILES string of the molecule is Cc1cc(-c2cc3c(=O)cc(C4CC4)[nH]c3nc2-c2ccc(F)cc2)cc(Cl)n1. The quantitative estimate of drug-likeness (QED) is 0.449. The summed E-state index contributed by atoms with van der Waals surface area (Å²) in [7, 11) is 0. The summed E-state index contributed by atoms with van der Waals surface area (Å²) in [5.74, 6) is 0.0906. The van der Waals surface area contributed by atoms with Gasteiger partial charge in [0.1, 0.15) is 16.6 Å². The van der Waals surface area contributed by atoms with Gasteiger partial charge in [-0.3, -0.25) is 4.79 Å². The number of aromatic nitrogens is 3. The van der Waals surface area contributed by atoms with Gasteiger partial charge in [0.2, 0.25) is 0 Å². The summed E-state index contributed by atoms with van der Waals surface area (Å²) < 4.78 is 13.5. The molecule has 4 aromatic rings. The van der Waals surface area contributed by atoms with Crippen molar-refractivity contribution in [1.82, 2.24) is 15.0 Å². The van der Waals surface area contributed by atoms with Crippen molar-refractivity contribution in [1.29, 1.82) is 0 Å². The smallest absolute Gasteiger partial charge is 0.191 e. The van der Waals surface area contributed by atoms with E-state index in [0.717, 1.165) is 40.9 Å². The average molecular weight is 406 g/mol. The van der Waals surface area contributed by atoms with E-state index in [-0.39, 0.29) is 11.2 Å². The molecule has 1 saturated carbocycles. The van der Waals surface area contributed by atoms with E-state index in [1.165, 1.54) is 12.1 Å². The number of H-pyrrole nitrogens is 1. The monoisotopic (exact) mass is 405 g/mol. The van der Waals surface area contributed by atoms with Crippen molar-refractivity contribution in [2.45, 2.75) is 25.7 Å². The van der Waals surface area contributed by atoms with Gasteiger partial charge >= 0.3 is 0 Å². The highest BCUT2D eigenvalue weighted by Crippen LogP contribution is 2.39. The number of hydrogen-bond acceptors (Lipinski definition) is 3. The minimum atomic E-state index is -0.316. The Morgan fingerprint density at radius 3 is 2.48 bits per heavy atom. The van der Waals surface area contributed by atoms with Gasteiger partial charge in [-0.2, -0.15) is 0 Å². The summed E-state index contributed by atoms with van der Waals surface area (Å²) in [5.41, 5.74) is 5.14. The molecule has 1 aliphatic carbocycles. The first kappa shape index (κ1) is 18.0. The van der Waals surface area contributed by atoms with Crippen LogP contribution in [-0.2, 0) is 0 Å². The number of nitrogens with one attached hydrogen (secondary N) is 1. The summed E-state index contributed by atoms with van der Waals surface area (Å²) in [6, 6.07) is 13.3. The normalized spacial score (nSPS) is 13.8. The van der Waals surface area contributed by atoms with Crippen molar-refractivity contribution >= 4 is 22.6 Å². The fourth-order valence-electron chi connectivity index (χ4n) is 3.63. The van der Waals surface area contributed by atoms with Crippen molar-refractivity contribution in [3.63, 3.8) is 0 Å². The Balaban J connectivity index is 1.82. The number of aromatic amines is 1. The molecule has 6 heteroatoms. The van der Waals surface area contributed by atoms with Gasteiger partial charge in [-0.1, -0.05) is 11.6 Å². The van der Waals surface area contributed by atoms with Crippen molar-refractivity contribution in [2.24, 2.45) is 0 Å². The van der Waals surface area contributed by atoms with Gasteiger partial charge in [0.05, 0.1) is 11.1 Å². The minimum absolute atomic E-state index is 0.0584. The predicted molar refractivity (Wildman–Crippen MR) is 113 cm³/mol. The molecule has 0 saturated heterocycles. The molecule has 1 aliphatic rings. The topological polar surface area (TPSA) is 58.6 Å². The molecule has 0 unspecified atom stereocenters. The lowest BCUT2D eigenvalue weighted by Gasteiger charge is -2.13. The van der Waals surface area contributed by atoms with Gasteiger partial charge in [-0.05, 0) is 73.7 Å². The highest BCUT2D eigenvalue weighted by atomic mass is 35.5. The second-order valence-corrected chi connectivity index (χ2v) is 7.86. The van der Waals surface area contributed by atoms with E-state index in [2.05, 4.69) is 9.97 Å². The van der Waals surface area contributed by atoms with Gasteiger partial charge in [0, 0.05) is 28.6 Å². The minimum Gasteiger partial charge on any atom is -0.343 e. The summed E-state index contributed by atoms with van der Waals surface area (Å²) in [4.78, 5) is 25.1. The second-order valence-electron chi connectivity index (χ2n) is 7.47. The van der Waals surface area contributed by atoms with E-state index in [1.54, 1.807) is 24.3 Å². The molecule has 4 nitrogen and oxygen atoms in total. The van der Waals surface area contributed by atoms with Crippen LogP contribution in [0.4, 0.5) is 4.39 Å². The molecule has 1 fully saturated rings. The molecule has 0 bridgehead atoms. The lowest BCUT2D eigenvalue weighted by molar-refractivity contribution is 0.628. The number of rotatable bonds is 3. The lowest BCUT2D eigenvalue weighted by atomic mass is 9.98. The van der Waals surface area contributed by atoms with Crippen LogP contribution in [0.25, 0.3) is 33.4 Å². The number of nitrogens with zero attached hydrogens (tertiary/aromatic N) is 2. The molecule has 3 aromatic heterocycles. The number of halogens is 2. The van der Waals surface area contributed by atoms with Gasteiger partial charge in [0.15, 0.2) is 5.43 Å². The molecule has 5 rings (SSSR count). The average Bonchev–Trinajstić information content (AvgIpc) is 3.52. The number of benzene rings is 1. The number of fused-ring (bicyclic) bond motifs is 1. The molecule has 1 N–H and O–H groups in total.